The third-order valence-corrected chi connectivity index (χ3v) is 3.05. The number of halogens is 2. The lowest BCUT2D eigenvalue weighted by Gasteiger charge is -2.06. The van der Waals surface area contributed by atoms with Gasteiger partial charge < -0.3 is 10.6 Å². The normalized spacial score (nSPS) is 10.8. The molecular weight excluding hydrogens is 283 g/mol. The maximum absolute atomic E-state index is 13.0. The van der Waals surface area contributed by atoms with E-state index in [0.717, 1.165) is 38.2 Å². The summed E-state index contributed by atoms with van der Waals surface area (Å²) >= 11 is 3.18. The SMILES string of the molecule is CCCNCCCNCc1ccc(F)c(Br)c1. The molecule has 4 heteroatoms. The Morgan fingerprint density at radius 2 is 1.94 bits per heavy atom. The minimum atomic E-state index is -0.211. The van der Waals surface area contributed by atoms with Gasteiger partial charge in [-0.15, -0.1) is 0 Å². The van der Waals surface area contributed by atoms with Gasteiger partial charge >= 0.3 is 0 Å². The van der Waals surface area contributed by atoms with Crippen LogP contribution in [0.3, 0.4) is 0 Å². The molecule has 0 spiro atoms. The van der Waals surface area contributed by atoms with Crippen LogP contribution < -0.4 is 10.6 Å². The van der Waals surface area contributed by atoms with Crippen LogP contribution in [0.1, 0.15) is 25.3 Å². The number of hydrogen-bond donors (Lipinski definition) is 2. The molecule has 0 saturated heterocycles. The van der Waals surface area contributed by atoms with Crippen molar-refractivity contribution in [3.8, 4) is 0 Å². The predicted molar refractivity (Wildman–Crippen MR) is 73.6 cm³/mol. The van der Waals surface area contributed by atoms with Crippen LogP contribution in [-0.2, 0) is 6.54 Å². The van der Waals surface area contributed by atoms with Gasteiger partial charge in [-0.1, -0.05) is 13.0 Å². The molecule has 1 aromatic rings. The van der Waals surface area contributed by atoms with Crippen molar-refractivity contribution < 1.29 is 4.39 Å². The molecule has 0 unspecified atom stereocenters. The summed E-state index contributed by atoms with van der Waals surface area (Å²) in [7, 11) is 0. The van der Waals surface area contributed by atoms with Gasteiger partial charge in [0.2, 0.25) is 0 Å². The van der Waals surface area contributed by atoms with Crippen molar-refractivity contribution in [2.45, 2.75) is 26.3 Å². The van der Waals surface area contributed by atoms with Crippen LogP contribution in [0.15, 0.2) is 22.7 Å². The van der Waals surface area contributed by atoms with Gasteiger partial charge in [-0.25, -0.2) is 4.39 Å². The van der Waals surface area contributed by atoms with Gasteiger partial charge in [0.05, 0.1) is 4.47 Å². The Hall–Kier alpha value is -0.450. The monoisotopic (exact) mass is 302 g/mol. The highest BCUT2D eigenvalue weighted by Crippen LogP contribution is 2.16. The van der Waals surface area contributed by atoms with Gasteiger partial charge in [0.1, 0.15) is 5.82 Å². The summed E-state index contributed by atoms with van der Waals surface area (Å²) in [5.41, 5.74) is 1.10. The van der Waals surface area contributed by atoms with Crippen LogP contribution in [0.4, 0.5) is 4.39 Å². The van der Waals surface area contributed by atoms with E-state index >= 15 is 0 Å². The summed E-state index contributed by atoms with van der Waals surface area (Å²) in [4.78, 5) is 0. The minimum absolute atomic E-state index is 0.211. The van der Waals surface area contributed by atoms with Crippen LogP contribution in [0.5, 0.6) is 0 Å². The van der Waals surface area contributed by atoms with Crippen molar-refractivity contribution in [3.05, 3.63) is 34.1 Å². The molecule has 0 saturated carbocycles. The largest absolute Gasteiger partial charge is 0.317 e. The van der Waals surface area contributed by atoms with Gasteiger partial charge in [-0.3, -0.25) is 0 Å². The van der Waals surface area contributed by atoms with Gasteiger partial charge in [0.15, 0.2) is 0 Å². The highest BCUT2D eigenvalue weighted by molar-refractivity contribution is 9.10. The highest BCUT2D eigenvalue weighted by Gasteiger charge is 1.99. The Morgan fingerprint density at radius 1 is 1.18 bits per heavy atom. The van der Waals surface area contributed by atoms with Crippen molar-refractivity contribution >= 4 is 15.9 Å². The number of rotatable bonds is 8. The van der Waals surface area contributed by atoms with Crippen LogP contribution in [0, 0.1) is 5.82 Å². The van der Waals surface area contributed by atoms with E-state index in [-0.39, 0.29) is 5.82 Å². The average molecular weight is 303 g/mol. The van der Waals surface area contributed by atoms with E-state index in [2.05, 4.69) is 33.5 Å². The maximum atomic E-state index is 13.0. The molecule has 0 aliphatic heterocycles. The molecule has 1 rings (SSSR count). The van der Waals surface area contributed by atoms with E-state index in [1.54, 1.807) is 0 Å². The molecule has 0 amide bonds. The molecule has 0 radical (unpaired) electrons. The fourth-order valence-corrected chi connectivity index (χ4v) is 1.95. The standard InChI is InChI=1S/C13H20BrFN2/c1-2-6-16-7-3-8-17-10-11-4-5-13(15)12(14)9-11/h4-5,9,16-17H,2-3,6-8,10H2,1H3. The van der Waals surface area contributed by atoms with E-state index in [1.165, 1.54) is 12.5 Å². The highest BCUT2D eigenvalue weighted by atomic mass is 79.9. The van der Waals surface area contributed by atoms with E-state index < -0.39 is 0 Å². The van der Waals surface area contributed by atoms with E-state index in [4.69, 9.17) is 0 Å². The zero-order chi connectivity index (χ0) is 12.5. The molecule has 2 nitrogen and oxygen atoms in total. The van der Waals surface area contributed by atoms with E-state index in [0.29, 0.717) is 4.47 Å². The molecule has 0 aromatic heterocycles. The molecule has 0 heterocycles. The second kappa shape index (κ2) is 8.61. The van der Waals surface area contributed by atoms with Gasteiger partial charge in [-0.05, 0) is 66.1 Å². The fourth-order valence-electron chi connectivity index (χ4n) is 1.52. The maximum Gasteiger partial charge on any atom is 0.137 e. The van der Waals surface area contributed by atoms with E-state index in [1.807, 2.05) is 12.1 Å². The molecular formula is C13H20BrFN2. The summed E-state index contributed by atoms with van der Waals surface area (Å²) in [5.74, 6) is -0.211. The summed E-state index contributed by atoms with van der Waals surface area (Å²) in [5, 5.41) is 6.70. The molecule has 0 atom stereocenters. The lowest BCUT2D eigenvalue weighted by molar-refractivity contribution is 0.590. The van der Waals surface area contributed by atoms with Crippen molar-refractivity contribution in [3.63, 3.8) is 0 Å². The predicted octanol–water partition coefficient (Wildman–Crippen LogP) is 3.07. The first-order valence-corrected chi connectivity index (χ1v) is 6.88. The van der Waals surface area contributed by atoms with Crippen molar-refractivity contribution in [2.75, 3.05) is 19.6 Å². The second-order valence-electron chi connectivity index (χ2n) is 4.03. The summed E-state index contributed by atoms with van der Waals surface area (Å²) < 4.78 is 13.5. The molecule has 0 aliphatic carbocycles. The zero-order valence-corrected chi connectivity index (χ0v) is 11.8. The number of benzene rings is 1. The summed E-state index contributed by atoms with van der Waals surface area (Å²) in [6, 6.07) is 5.12. The molecule has 96 valence electrons. The van der Waals surface area contributed by atoms with Crippen LogP contribution in [-0.4, -0.2) is 19.6 Å². The second-order valence-corrected chi connectivity index (χ2v) is 4.88. The van der Waals surface area contributed by atoms with Crippen LogP contribution in [0.2, 0.25) is 0 Å². The minimum Gasteiger partial charge on any atom is -0.317 e. The molecule has 0 fully saturated rings. The Kier molecular flexibility index (Phi) is 7.40. The third-order valence-electron chi connectivity index (χ3n) is 2.45. The van der Waals surface area contributed by atoms with Gasteiger partial charge in [0.25, 0.3) is 0 Å². The molecule has 17 heavy (non-hydrogen) atoms. The van der Waals surface area contributed by atoms with E-state index in [9.17, 15) is 4.39 Å². The first kappa shape index (κ1) is 14.6. The fraction of sp³-hybridized carbons (Fsp3) is 0.538. The summed E-state index contributed by atoms with van der Waals surface area (Å²) in [6.45, 7) is 6.06. The smallest absolute Gasteiger partial charge is 0.137 e. The Bertz CT molecular complexity index is 331. The number of nitrogens with one attached hydrogen (secondary N) is 2. The first-order valence-electron chi connectivity index (χ1n) is 6.09. The first-order chi connectivity index (χ1) is 8.24. The van der Waals surface area contributed by atoms with Crippen molar-refractivity contribution in [1.29, 1.82) is 0 Å². The Morgan fingerprint density at radius 3 is 2.65 bits per heavy atom. The van der Waals surface area contributed by atoms with Crippen molar-refractivity contribution in [2.24, 2.45) is 0 Å². The van der Waals surface area contributed by atoms with Crippen LogP contribution in [0.25, 0.3) is 0 Å². The molecule has 0 aliphatic rings. The Labute approximate surface area is 111 Å². The third kappa shape index (κ3) is 6.15. The lowest BCUT2D eigenvalue weighted by atomic mass is 10.2. The molecule has 2 N–H and O–H groups in total. The van der Waals surface area contributed by atoms with Gasteiger partial charge in [0, 0.05) is 6.54 Å². The zero-order valence-electron chi connectivity index (χ0n) is 10.2. The van der Waals surface area contributed by atoms with Gasteiger partial charge in [-0.2, -0.15) is 0 Å². The molecule has 0 bridgehead atoms. The summed E-state index contributed by atoms with van der Waals surface area (Å²) in [6.07, 6.45) is 2.29. The molecule has 1 aromatic carbocycles. The quantitative estimate of drug-likeness (QED) is 0.721. The topological polar surface area (TPSA) is 24.1 Å². The lowest BCUT2D eigenvalue weighted by Crippen LogP contribution is -2.22. The van der Waals surface area contributed by atoms with Crippen LogP contribution >= 0.6 is 15.9 Å². The average Bonchev–Trinajstić information content (AvgIpc) is 2.32. The van der Waals surface area contributed by atoms with Crippen molar-refractivity contribution in [1.82, 2.24) is 10.6 Å². The Balaban J connectivity index is 2.11. The number of hydrogen-bond acceptors (Lipinski definition) is 2.